The van der Waals surface area contributed by atoms with Gasteiger partial charge in [-0.25, -0.2) is 5.43 Å². The fraction of sp³-hybridized carbons (Fsp3) is 0.0526. The number of carbonyl (C=O) groups excluding carboxylic acids is 1. The highest BCUT2D eigenvalue weighted by atomic mass is 35.5. The maximum Gasteiger partial charge on any atom is 0.275 e. The fourth-order valence-corrected chi connectivity index (χ4v) is 2.47. The van der Waals surface area contributed by atoms with E-state index in [0.717, 1.165) is 16.3 Å². The van der Waals surface area contributed by atoms with Crippen LogP contribution in [0.15, 0.2) is 65.8 Å². The van der Waals surface area contributed by atoms with E-state index in [2.05, 4.69) is 10.5 Å². The average Bonchev–Trinajstić information content (AvgIpc) is 2.62. The number of amides is 1. The number of fused-ring (bicyclic) bond motifs is 1. The van der Waals surface area contributed by atoms with Crippen LogP contribution in [0.1, 0.15) is 15.9 Å². The summed E-state index contributed by atoms with van der Waals surface area (Å²) < 4.78 is 5.32. The lowest BCUT2D eigenvalue weighted by Gasteiger charge is -2.09. The Hall–Kier alpha value is -2.85. The van der Waals surface area contributed by atoms with Crippen molar-refractivity contribution in [2.75, 3.05) is 7.11 Å². The lowest BCUT2D eigenvalue weighted by Crippen LogP contribution is -2.18. The Morgan fingerprint density at radius 2 is 1.75 bits per heavy atom. The van der Waals surface area contributed by atoms with Gasteiger partial charge < -0.3 is 4.74 Å². The molecule has 0 aliphatic heterocycles. The Labute approximate surface area is 144 Å². The van der Waals surface area contributed by atoms with Crippen molar-refractivity contribution in [1.82, 2.24) is 5.43 Å². The number of ether oxygens (including phenoxy) is 1. The Bertz CT molecular complexity index is 905. The average molecular weight is 339 g/mol. The minimum Gasteiger partial charge on any atom is -0.496 e. The second-order valence-corrected chi connectivity index (χ2v) is 5.59. The second-order valence-electron chi connectivity index (χ2n) is 5.15. The van der Waals surface area contributed by atoms with Gasteiger partial charge in [-0.05, 0) is 40.6 Å². The van der Waals surface area contributed by atoms with Crippen LogP contribution in [0.25, 0.3) is 10.8 Å². The van der Waals surface area contributed by atoms with Crippen molar-refractivity contribution in [3.8, 4) is 5.75 Å². The summed E-state index contributed by atoms with van der Waals surface area (Å²) in [5.41, 5.74) is 3.79. The highest BCUT2D eigenvalue weighted by molar-refractivity contribution is 6.30. The van der Waals surface area contributed by atoms with Gasteiger partial charge in [0.05, 0.1) is 18.9 Å². The number of halogens is 1. The van der Waals surface area contributed by atoms with Crippen LogP contribution in [0.2, 0.25) is 5.02 Å². The van der Waals surface area contributed by atoms with Gasteiger partial charge in [0.15, 0.2) is 0 Å². The van der Waals surface area contributed by atoms with Crippen LogP contribution in [0.3, 0.4) is 0 Å². The van der Waals surface area contributed by atoms with Gasteiger partial charge in [0.1, 0.15) is 5.75 Å². The normalized spacial score (nSPS) is 10.9. The predicted octanol–water partition coefficient (Wildman–Crippen LogP) is 4.27. The molecule has 3 aromatic carbocycles. The highest BCUT2D eigenvalue weighted by Gasteiger charge is 2.13. The Morgan fingerprint density at radius 3 is 2.42 bits per heavy atom. The fourth-order valence-electron chi connectivity index (χ4n) is 2.34. The van der Waals surface area contributed by atoms with Gasteiger partial charge in [-0.15, -0.1) is 0 Å². The van der Waals surface area contributed by atoms with Crippen LogP contribution in [0.4, 0.5) is 0 Å². The zero-order valence-corrected chi connectivity index (χ0v) is 13.7. The van der Waals surface area contributed by atoms with E-state index < -0.39 is 0 Å². The van der Waals surface area contributed by atoms with E-state index in [0.29, 0.717) is 16.3 Å². The third-order valence-electron chi connectivity index (χ3n) is 3.56. The predicted molar refractivity (Wildman–Crippen MR) is 97.0 cm³/mol. The van der Waals surface area contributed by atoms with E-state index in [9.17, 15) is 4.79 Å². The Morgan fingerprint density at radius 1 is 1.08 bits per heavy atom. The molecule has 5 heteroatoms. The molecule has 0 bridgehead atoms. The number of rotatable bonds is 4. The van der Waals surface area contributed by atoms with E-state index in [1.807, 2.05) is 42.5 Å². The van der Waals surface area contributed by atoms with Crippen molar-refractivity contribution < 1.29 is 9.53 Å². The van der Waals surface area contributed by atoms with Crippen molar-refractivity contribution in [3.63, 3.8) is 0 Å². The summed E-state index contributed by atoms with van der Waals surface area (Å²) in [5, 5.41) is 6.60. The van der Waals surface area contributed by atoms with Crippen molar-refractivity contribution in [2.24, 2.45) is 5.10 Å². The number of hydrogen-bond acceptors (Lipinski definition) is 3. The number of carbonyl (C=O) groups is 1. The van der Waals surface area contributed by atoms with Crippen LogP contribution in [-0.4, -0.2) is 19.2 Å². The van der Waals surface area contributed by atoms with Crippen molar-refractivity contribution >= 4 is 34.5 Å². The molecule has 1 N–H and O–H groups in total. The zero-order chi connectivity index (χ0) is 16.9. The molecule has 24 heavy (non-hydrogen) atoms. The molecule has 0 aliphatic carbocycles. The SMILES string of the molecule is COc1cc2ccccc2cc1C(=O)NN=Cc1ccc(Cl)cc1. The zero-order valence-electron chi connectivity index (χ0n) is 13.0. The number of hydrogen-bond donors (Lipinski definition) is 1. The molecule has 0 heterocycles. The summed E-state index contributed by atoms with van der Waals surface area (Å²) >= 11 is 5.83. The molecule has 3 rings (SSSR count). The molecule has 0 radical (unpaired) electrons. The van der Waals surface area contributed by atoms with Gasteiger partial charge in [0.2, 0.25) is 0 Å². The molecule has 0 aromatic heterocycles. The maximum absolute atomic E-state index is 12.4. The number of hydrazone groups is 1. The molecule has 0 spiro atoms. The molecule has 1 amide bonds. The van der Waals surface area contributed by atoms with Crippen LogP contribution in [-0.2, 0) is 0 Å². The Kier molecular flexibility index (Phi) is 4.77. The molecule has 4 nitrogen and oxygen atoms in total. The summed E-state index contributed by atoms with van der Waals surface area (Å²) in [6, 6.07) is 18.6. The minimum absolute atomic E-state index is 0.331. The molecule has 0 unspecified atom stereocenters. The smallest absolute Gasteiger partial charge is 0.275 e. The summed E-state index contributed by atoms with van der Waals surface area (Å²) in [6.07, 6.45) is 1.56. The van der Waals surface area contributed by atoms with E-state index >= 15 is 0 Å². The number of nitrogens with zero attached hydrogens (tertiary/aromatic N) is 1. The molecular formula is C19H15ClN2O2. The minimum atomic E-state index is -0.331. The molecule has 3 aromatic rings. The van der Waals surface area contributed by atoms with E-state index in [1.165, 1.54) is 7.11 Å². The van der Waals surface area contributed by atoms with Gasteiger partial charge in [0.25, 0.3) is 5.91 Å². The van der Waals surface area contributed by atoms with Crippen molar-refractivity contribution in [1.29, 1.82) is 0 Å². The summed E-state index contributed by atoms with van der Waals surface area (Å²) in [7, 11) is 1.54. The molecule has 0 aliphatic rings. The molecule has 0 saturated heterocycles. The molecule has 0 fully saturated rings. The van der Waals surface area contributed by atoms with Gasteiger partial charge in [0, 0.05) is 5.02 Å². The van der Waals surface area contributed by atoms with Crippen molar-refractivity contribution in [2.45, 2.75) is 0 Å². The molecule has 0 atom stereocenters. The lowest BCUT2D eigenvalue weighted by molar-refractivity contribution is 0.0952. The topological polar surface area (TPSA) is 50.7 Å². The van der Waals surface area contributed by atoms with Gasteiger partial charge in [-0.3, -0.25) is 4.79 Å². The van der Waals surface area contributed by atoms with E-state index in [-0.39, 0.29) is 5.91 Å². The third-order valence-corrected chi connectivity index (χ3v) is 3.81. The summed E-state index contributed by atoms with van der Waals surface area (Å²) in [5.74, 6) is 0.177. The van der Waals surface area contributed by atoms with Crippen LogP contribution < -0.4 is 10.2 Å². The highest BCUT2D eigenvalue weighted by Crippen LogP contribution is 2.25. The van der Waals surface area contributed by atoms with Gasteiger partial charge in [-0.2, -0.15) is 5.10 Å². The molecule has 120 valence electrons. The first kappa shape index (κ1) is 16.0. The Balaban J connectivity index is 1.81. The monoisotopic (exact) mass is 338 g/mol. The van der Waals surface area contributed by atoms with Crippen LogP contribution in [0.5, 0.6) is 5.75 Å². The summed E-state index contributed by atoms with van der Waals surface area (Å²) in [6.45, 7) is 0. The lowest BCUT2D eigenvalue weighted by atomic mass is 10.1. The first-order valence-electron chi connectivity index (χ1n) is 7.33. The quantitative estimate of drug-likeness (QED) is 0.570. The second kappa shape index (κ2) is 7.15. The number of benzene rings is 3. The first-order valence-corrected chi connectivity index (χ1v) is 7.71. The molecule has 0 saturated carbocycles. The van der Waals surface area contributed by atoms with E-state index in [4.69, 9.17) is 16.3 Å². The number of nitrogens with one attached hydrogen (secondary N) is 1. The standard InChI is InChI=1S/C19H15ClN2O2/c1-24-18-11-15-5-3-2-4-14(15)10-17(18)19(23)22-21-12-13-6-8-16(20)9-7-13/h2-12H,1H3,(H,22,23). The van der Waals surface area contributed by atoms with Gasteiger partial charge in [-0.1, -0.05) is 48.0 Å². The van der Waals surface area contributed by atoms with E-state index in [1.54, 1.807) is 24.4 Å². The summed E-state index contributed by atoms with van der Waals surface area (Å²) in [4.78, 5) is 12.4. The third kappa shape index (κ3) is 3.55. The maximum atomic E-state index is 12.4. The number of methoxy groups -OCH3 is 1. The largest absolute Gasteiger partial charge is 0.496 e. The van der Waals surface area contributed by atoms with Crippen LogP contribution >= 0.6 is 11.6 Å². The first-order chi connectivity index (χ1) is 11.7. The van der Waals surface area contributed by atoms with Crippen LogP contribution in [0, 0.1) is 0 Å². The van der Waals surface area contributed by atoms with Gasteiger partial charge >= 0.3 is 0 Å². The van der Waals surface area contributed by atoms with Crippen molar-refractivity contribution in [3.05, 3.63) is 76.8 Å². The molecular weight excluding hydrogens is 324 g/mol.